The number of piperidine rings is 1. The van der Waals surface area contributed by atoms with E-state index in [-0.39, 0.29) is 17.4 Å². The van der Waals surface area contributed by atoms with Crippen LogP contribution in [0.2, 0.25) is 0 Å². The summed E-state index contributed by atoms with van der Waals surface area (Å²) in [5.74, 6) is -1.08. The quantitative estimate of drug-likeness (QED) is 0.490. The van der Waals surface area contributed by atoms with Crippen molar-refractivity contribution in [2.24, 2.45) is 5.92 Å². The molecule has 1 N–H and O–H groups in total. The number of carboxylic acid groups (broad SMARTS) is 1. The number of ketones is 1. The third-order valence-electron chi connectivity index (χ3n) is 3.99. The predicted octanol–water partition coefficient (Wildman–Crippen LogP) is 1.96. The molecule has 0 aliphatic carbocycles. The molecule has 0 spiro atoms. The first-order valence-corrected chi connectivity index (χ1v) is 7.20. The van der Waals surface area contributed by atoms with Crippen LogP contribution in [0.4, 0.5) is 5.69 Å². The molecule has 0 amide bonds. The highest BCUT2D eigenvalue weighted by Gasteiger charge is 2.24. The van der Waals surface area contributed by atoms with E-state index in [0.717, 1.165) is 0 Å². The second kappa shape index (κ2) is 7.13. The zero-order valence-corrected chi connectivity index (χ0v) is 12.1. The minimum atomic E-state index is -0.749. The summed E-state index contributed by atoms with van der Waals surface area (Å²) in [6.07, 6.45) is 1.55. The van der Waals surface area contributed by atoms with Gasteiger partial charge in [0.05, 0.1) is 10.8 Å². The third kappa shape index (κ3) is 4.11. The van der Waals surface area contributed by atoms with Crippen LogP contribution in [0.3, 0.4) is 0 Å². The number of nitrogens with zero attached hydrogens (tertiary/aromatic N) is 2. The molecular formula is C15H18N2O5. The summed E-state index contributed by atoms with van der Waals surface area (Å²) in [4.78, 5) is 35.1. The lowest BCUT2D eigenvalue weighted by molar-refractivity contribution is -0.384. The van der Waals surface area contributed by atoms with Crippen LogP contribution in [-0.2, 0) is 4.79 Å². The van der Waals surface area contributed by atoms with E-state index in [4.69, 9.17) is 5.11 Å². The molecule has 1 saturated heterocycles. The Labute approximate surface area is 127 Å². The van der Waals surface area contributed by atoms with Gasteiger partial charge in [0, 0.05) is 30.7 Å². The van der Waals surface area contributed by atoms with Crippen LogP contribution in [0, 0.1) is 16.0 Å². The zero-order chi connectivity index (χ0) is 16.1. The van der Waals surface area contributed by atoms with Gasteiger partial charge in [-0.15, -0.1) is 0 Å². The van der Waals surface area contributed by atoms with Crippen molar-refractivity contribution < 1.29 is 19.6 Å². The number of hydrogen-bond donors (Lipinski definition) is 1. The molecule has 0 radical (unpaired) electrons. The fraction of sp³-hybridized carbons (Fsp3) is 0.467. The van der Waals surface area contributed by atoms with Gasteiger partial charge in [-0.25, -0.2) is 0 Å². The van der Waals surface area contributed by atoms with E-state index in [2.05, 4.69) is 4.90 Å². The smallest absolute Gasteiger partial charge is 0.306 e. The topological polar surface area (TPSA) is 101 Å². The van der Waals surface area contributed by atoms with Crippen molar-refractivity contribution in [1.82, 2.24) is 4.90 Å². The molecule has 0 saturated carbocycles. The highest BCUT2D eigenvalue weighted by molar-refractivity contribution is 5.96. The highest BCUT2D eigenvalue weighted by Crippen LogP contribution is 2.18. The molecule has 7 nitrogen and oxygen atoms in total. The van der Waals surface area contributed by atoms with Crippen molar-refractivity contribution in [2.45, 2.75) is 19.3 Å². The molecule has 22 heavy (non-hydrogen) atoms. The molecule has 0 bridgehead atoms. The van der Waals surface area contributed by atoms with Crippen LogP contribution in [0.1, 0.15) is 29.6 Å². The van der Waals surface area contributed by atoms with Crippen molar-refractivity contribution in [3.63, 3.8) is 0 Å². The van der Waals surface area contributed by atoms with Gasteiger partial charge in [-0.3, -0.25) is 19.7 Å². The van der Waals surface area contributed by atoms with Gasteiger partial charge in [-0.1, -0.05) is 0 Å². The lowest BCUT2D eigenvalue weighted by atomic mass is 9.97. The molecule has 0 aromatic heterocycles. The lowest BCUT2D eigenvalue weighted by Crippen LogP contribution is -2.37. The Morgan fingerprint density at radius 3 is 2.32 bits per heavy atom. The minimum absolute atomic E-state index is 0.0349. The van der Waals surface area contributed by atoms with Crippen LogP contribution in [0.15, 0.2) is 24.3 Å². The standard InChI is InChI=1S/C15H18N2O5/c18-14(11-1-3-13(4-2-11)17(21)22)7-10-16-8-5-12(6-9-16)15(19)20/h1-4,12H,5-10H2,(H,19,20). The maximum Gasteiger partial charge on any atom is 0.306 e. The number of Topliss-reactive ketones (excluding diaryl/α,β-unsaturated/α-hetero) is 1. The van der Waals surface area contributed by atoms with E-state index in [1.54, 1.807) is 0 Å². The second-order valence-electron chi connectivity index (χ2n) is 5.43. The Morgan fingerprint density at radius 2 is 1.82 bits per heavy atom. The Kier molecular flexibility index (Phi) is 5.21. The Morgan fingerprint density at radius 1 is 1.23 bits per heavy atom. The fourth-order valence-corrected chi connectivity index (χ4v) is 2.58. The number of likely N-dealkylation sites (tertiary alicyclic amines) is 1. The van der Waals surface area contributed by atoms with Gasteiger partial charge in [0.25, 0.3) is 5.69 Å². The molecule has 1 aromatic rings. The second-order valence-corrected chi connectivity index (χ2v) is 5.43. The molecule has 0 atom stereocenters. The molecule has 1 heterocycles. The van der Waals surface area contributed by atoms with Gasteiger partial charge in [-0.05, 0) is 38.1 Å². The molecule has 1 fully saturated rings. The summed E-state index contributed by atoms with van der Waals surface area (Å²) in [6.45, 7) is 1.96. The summed E-state index contributed by atoms with van der Waals surface area (Å²) in [5, 5.41) is 19.5. The number of rotatable bonds is 6. The summed E-state index contributed by atoms with van der Waals surface area (Å²) in [7, 11) is 0. The Balaban J connectivity index is 1.81. The summed E-state index contributed by atoms with van der Waals surface area (Å²) in [6, 6.07) is 5.59. The van der Waals surface area contributed by atoms with Gasteiger partial charge in [0.1, 0.15) is 0 Å². The molecule has 118 valence electrons. The first-order chi connectivity index (χ1) is 10.5. The molecule has 0 unspecified atom stereocenters. The number of carbonyl (C=O) groups excluding carboxylic acids is 1. The van der Waals surface area contributed by atoms with Crippen LogP contribution in [0.25, 0.3) is 0 Å². The summed E-state index contributed by atoms with van der Waals surface area (Å²) < 4.78 is 0. The molecule has 1 aliphatic rings. The molecular weight excluding hydrogens is 288 g/mol. The average Bonchev–Trinajstić information content (AvgIpc) is 2.53. The van der Waals surface area contributed by atoms with Gasteiger partial charge in [0.15, 0.2) is 5.78 Å². The first-order valence-electron chi connectivity index (χ1n) is 7.20. The summed E-state index contributed by atoms with van der Waals surface area (Å²) in [5.41, 5.74) is 0.429. The van der Waals surface area contributed by atoms with Crippen LogP contribution in [-0.4, -0.2) is 46.3 Å². The SMILES string of the molecule is O=C(CCN1CCC(C(=O)O)CC1)c1ccc([N+](=O)[O-])cc1. The number of carboxylic acids is 1. The van der Waals surface area contributed by atoms with Gasteiger partial charge >= 0.3 is 5.97 Å². The molecule has 7 heteroatoms. The van der Waals surface area contributed by atoms with Crippen molar-refractivity contribution in [2.75, 3.05) is 19.6 Å². The van der Waals surface area contributed by atoms with E-state index in [9.17, 15) is 19.7 Å². The van der Waals surface area contributed by atoms with Crippen molar-refractivity contribution in [1.29, 1.82) is 0 Å². The normalized spacial score (nSPS) is 16.4. The maximum atomic E-state index is 12.1. The number of benzene rings is 1. The van der Waals surface area contributed by atoms with Crippen LogP contribution in [0.5, 0.6) is 0 Å². The van der Waals surface area contributed by atoms with E-state index in [1.807, 2.05) is 0 Å². The fourth-order valence-electron chi connectivity index (χ4n) is 2.58. The van der Waals surface area contributed by atoms with E-state index in [1.165, 1.54) is 24.3 Å². The number of non-ortho nitro benzene ring substituents is 1. The summed E-state index contributed by atoms with van der Waals surface area (Å²) >= 11 is 0. The predicted molar refractivity (Wildman–Crippen MR) is 78.8 cm³/mol. The lowest BCUT2D eigenvalue weighted by Gasteiger charge is -2.29. The molecule has 1 aromatic carbocycles. The number of aliphatic carboxylic acids is 1. The van der Waals surface area contributed by atoms with Gasteiger partial charge in [-0.2, -0.15) is 0 Å². The molecule has 1 aliphatic heterocycles. The molecule has 2 rings (SSSR count). The first kappa shape index (κ1) is 16.1. The maximum absolute atomic E-state index is 12.1. The van der Waals surface area contributed by atoms with Gasteiger partial charge in [0.2, 0.25) is 0 Å². The third-order valence-corrected chi connectivity index (χ3v) is 3.99. The monoisotopic (exact) mass is 306 g/mol. The van der Waals surface area contributed by atoms with Crippen LogP contribution >= 0.6 is 0 Å². The zero-order valence-electron chi connectivity index (χ0n) is 12.1. The largest absolute Gasteiger partial charge is 0.481 e. The average molecular weight is 306 g/mol. The Hall–Kier alpha value is -2.28. The van der Waals surface area contributed by atoms with Crippen LogP contribution < -0.4 is 0 Å². The van der Waals surface area contributed by atoms with E-state index in [0.29, 0.717) is 44.5 Å². The van der Waals surface area contributed by atoms with Crippen molar-refractivity contribution in [3.05, 3.63) is 39.9 Å². The van der Waals surface area contributed by atoms with E-state index >= 15 is 0 Å². The number of nitro benzene ring substituents is 1. The highest BCUT2D eigenvalue weighted by atomic mass is 16.6. The number of hydrogen-bond acceptors (Lipinski definition) is 5. The van der Waals surface area contributed by atoms with Gasteiger partial charge < -0.3 is 10.0 Å². The number of nitro groups is 1. The minimum Gasteiger partial charge on any atom is -0.481 e. The Bertz CT molecular complexity index is 562. The van der Waals surface area contributed by atoms with Crippen molar-refractivity contribution >= 4 is 17.4 Å². The number of carbonyl (C=O) groups is 2. The van der Waals surface area contributed by atoms with Crippen molar-refractivity contribution in [3.8, 4) is 0 Å². The van der Waals surface area contributed by atoms with E-state index < -0.39 is 10.9 Å².